The van der Waals surface area contributed by atoms with Gasteiger partial charge in [-0.1, -0.05) is 151 Å². The van der Waals surface area contributed by atoms with Gasteiger partial charge in [-0.15, -0.1) is 0 Å². The third-order valence-electron chi connectivity index (χ3n) is 13.1. The van der Waals surface area contributed by atoms with Crippen LogP contribution >= 0.6 is 0 Å². The molecule has 1 N–H and O–H groups in total. The van der Waals surface area contributed by atoms with E-state index < -0.39 is 0 Å². The van der Waals surface area contributed by atoms with E-state index in [0.717, 1.165) is 117 Å². The van der Waals surface area contributed by atoms with Crippen LogP contribution in [0.3, 0.4) is 0 Å². The largest absolute Gasteiger partial charge is 0.454 e. The molecule has 0 atom stereocenters. The number of fused-ring (bicyclic) bond motifs is 11. The first-order valence-electron chi connectivity index (χ1n) is 22.2. The molecular weight excluding hydrogens is 783 g/mol. The minimum Gasteiger partial charge on any atom is -0.454 e. The van der Waals surface area contributed by atoms with E-state index in [1.807, 2.05) is 18.2 Å². The quantitative estimate of drug-likeness (QED) is 0.175. The van der Waals surface area contributed by atoms with Gasteiger partial charge in [-0.25, -0.2) is 0 Å². The van der Waals surface area contributed by atoms with Gasteiger partial charge < -0.3 is 18.6 Å². The minimum atomic E-state index is -0.0783. The monoisotopic (exact) mass is 829 g/mol. The van der Waals surface area contributed by atoms with Crippen molar-refractivity contribution >= 4 is 102 Å². The topological polar surface area (TPSA) is 54.7 Å². The number of para-hydroxylation sites is 3. The molecule has 3 aromatic heterocycles. The molecule has 0 bridgehead atoms. The fourth-order valence-electron chi connectivity index (χ4n) is 9.66. The van der Waals surface area contributed by atoms with Crippen molar-refractivity contribution in [3.8, 4) is 22.3 Å². The van der Waals surface area contributed by atoms with E-state index in [1.54, 1.807) is 0 Å². The van der Waals surface area contributed by atoms with E-state index in [4.69, 9.17) is 13.3 Å². The number of hydrogen-bond donors (Lipinski definition) is 1. The first-order chi connectivity index (χ1) is 31.0. The number of nitrogens with zero attached hydrogens (tertiary/aromatic N) is 1. The van der Waals surface area contributed by atoms with Gasteiger partial charge in [0.1, 0.15) is 16.7 Å². The van der Waals surface area contributed by atoms with Crippen molar-refractivity contribution in [2.75, 3.05) is 10.2 Å². The Kier molecular flexibility index (Phi) is 8.39. The summed E-state index contributed by atoms with van der Waals surface area (Å²) in [6.07, 6.45) is 0. The average molecular weight is 830 g/mol. The van der Waals surface area contributed by atoms with E-state index in [1.165, 1.54) is 11.1 Å². The number of furan rings is 3. The second-order valence-electron chi connectivity index (χ2n) is 19.2. The molecule has 0 saturated carbocycles. The fraction of sp³-hybridized carbons (Fsp3) is 0.138. The zero-order valence-corrected chi connectivity index (χ0v) is 36.8. The number of hydrogen-bond acceptors (Lipinski definition) is 5. The summed E-state index contributed by atoms with van der Waals surface area (Å²) < 4.78 is 20.9. The summed E-state index contributed by atoms with van der Waals surface area (Å²) in [6.45, 7) is 13.6. The van der Waals surface area contributed by atoms with Crippen molar-refractivity contribution in [3.63, 3.8) is 0 Å². The van der Waals surface area contributed by atoms with Crippen LogP contribution in [0.25, 0.3) is 77.1 Å². The maximum atomic E-state index is 7.04. The summed E-state index contributed by atoms with van der Waals surface area (Å²) in [6, 6.07) is 58.2. The lowest BCUT2D eigenvalue weighted by molar-refractivity contribution is 0.590. The van der Waals surface area contributed by atoms with Crippen LogP contribution < -0.4 is 21.1 Å². The van der Waals surface area contributed by atoms with Crippen molar-refractivity contribution < 1.29 is 13.3 Å². The lowest BCUT2D eigenvalue weighted by Gasteiger charge is -2.34. The number of benzene rings is 8. The fourth-order valence-corrected chi connectivity index (χ4v) is 9.66. The normalized spacial score (nSPS) is 12.9. The molecule has 11 aromatic rings. The molecule has 6 heteroatoms. The third-order valence-corrected chi connectivity index (χ3v) is 13.1. The maximum Gasteiger partial charge on any atom is 0.203 e. The molecule has 1 aliphatic rings. The van der Waals surface area contributed by atoms with Crippen molar-refractivity contribution in [3.05, 3.63) is 175 Å². The first kappa shape index (κ1) is 38.3. The molecule has 5 nitrogen and oxygen atoms in total. The van der Waals surface area contributed by atoms with Gasteiger partial charge in [-0.3, -0.25) is 4.90 Å². The summed E-state index contributed by atoms with van der Waals surface area (Å²) >= 11 is 0. The van der Waals surface area contributed by atoms with E-state index in [2.05, 4.69) is 205 Å². The molecule has 8 aromatic carbocycles. The molecule has 0 unspecified atom stereocenters. The van der Waals surface area contributed by atoms with Crippen LogP contribution in [0.1, 0.15) is 52.7 Å². The Morgan fingerprint density at radius 2 is 1.05 bits per heavy atom. The number of anilines is 5. The lowest BCUT2D eigenvalue weighted by Crippen LogP contribution is -2.40. The van der Waals surface area contributed by atoms with Crippen LogP contribution in [0.15, 0.2) is 177 Å². The Labute approximate surface area is 373 Å². The van der Waals surface area contributed by atoms with E-state index >= 15 is 0 Å². The first-order valence-corrected chi connectivity index (χ1v) is 22.2. The Morgan fingerprint density at radius 3 is 1.73 bits per heavy atom. The maximum absolute atomic E-state index is 7.04. The summed E-state index contributed by atoms with van der Waals surface area (Å²) in [5.41, 5.74) is 16.6. The molecule has 0 amide bonds. The van der Waals surface area contributed by atoms with Crippen LogP contribution in [0.4, 0.5) is 28.6 Å². The van der Waals surface area contributed by atoms with Gasteiger partial charge in [0.05, 0.1) is 17.1 Å². The Morgan fingerprint density at radius 1 is 0.453 bits per heavy atom. The van der Waals surface area contributed by atoms with Crippen LogP contribution in [0.5, 0.6) is 0 Å². The SMILES string of the molecule is CC(C)(C)c1ccc(Nc2c(-c3cc4c(oc5ccccc54)c4c3[B]c3c(oc5ccccc35)N4c3ccc(C(C)(C)C)cc3-c3ccccc3)ccc3c2oc2ccccc23)cc1. The van der Waals surface area contributed by atoms with E-state index in [9.17, 15) is 0 Å². The van der Waals surface area contributed by atoms with Gasteiger partial charge >= 0.3 is 0 Å². The second-order valence-corrected chi connectivity index (χ2v) is 19.2. The molecule has 0 fully saturated rings. The highest BCUT2D eigenvalue weighted by molar-refractivity contribution is 6.76. The number of nitrogens with one attached hydrogen (secondary N) is 1. The van der Waals surface area contributed by atoms with Crippen molar-refractivity contribution in [2.45, 2.75) is 52.4 Å². The standard InChI is InChI=1S/C58H46BN2O3/c1-57(2,3)35-24-27-37(28-25-35)60-52-40(29-30-41-38-18-10-13-21-47(38)62-54(41)52)44-33-45-39-19-11-14-22-48(39)63-55(45)53-50(44)59-51-42-20-12-15-23-49(42)64-56(51)61(53)46-31-26-36(58(4,5)6)32-43(46)34-16-8-7-9-17-34/h7-33,60H,1-6H3. The highest BCUT2D eigenvalue weighted by atomic mass is 16.4. The molecule has 12 rings (SSSR count). The summed E-state index contributed by atoms with van der Waals surface area (Å²) in [7, 11) is 2.31. The minimum absolute atomic E-state index is 0.0234. The predicted octanol–water partition coefficient (Wildman–Crippen LogP) is 15.3. The average Bonchev–Trinajstić information content (AvgIpc) is 3.99. The summed E-state index contributed by atoms with van der Waals surface area (Å²) in [5.74, 6) is 0.748. The van der Waals surface area contributed by atoms with Gasteiger partial charge in [-0.05, 0) is 98.6 Å². The van der Waals surface area contributed by atoms with Crippen LogP contribution in [-0.4, -0.2) is 7.28 Å². The van der Waals surface area contributed by atoms with Gasteiger partial charge in [0.25, 0.3) is 0 Å². The smallest absolute Gasteiger partial charge is 0.203 e. The van der Waals surface area contributed by atoms with Crippen LogP contribution in [0.2, 0.25) is 0 Å². The highest BCUT2D eigenvalue weighted by Gasteiger charge is 2.37. The van der Waals surface area contributed by atoms with Crippen LogP contribution in [-0.2, 0) is 10.8 Å². The predicted molar refractivity (Wildman–Crippen MR) is 268 cm³/mol. The van der Waals surface area contributed by atoms with Crippen molar-refractivity contribution in [1.29, 1.82) is 0 Å². The Bertz CT molecular complexity index is 3640. The van der Waals surface area contributed by atoms with Gasteiger partial charge in [0, 0.05) is 43.7 Å². The molecule has 1 aliphatic heterocycles. The van der Waals surface area contributed by atoms with Gasteiger partial charge in [0.15, 0.2) is 17.1 Å². The third kappa shape index (κ3) is 6.00. The molecule has 0 aliphatic carbocycles. The molecule has 64 heavy (non-hydrogen) atoms. The van der Waals surface area contributed by atoms with E-state index in [0.29, 0.717) is 0 Å². The van der Waals surface area contributed by atoms with Crippen LogP contribution in [0, 0.1) is 0 Å². The molecular formula is C58H46BN2O3. The molecule has 309 valence electrons. The molecule has 0 saturated heterocycles. The zero-order chi connectivity index (χ0) is 43.5. The van der Waals surface area contributed by atoms with E-state index in [-0.39, 0.29) is 10.8 Å². The summed E-state index contributed by atoms with van der Waals surface area (Å²) in [5, 5.41) is 9.14. The van der Waals surface area contributed by atoms with Gasteiger partial charge in [0.2, 0.25) is 7.28 Å². The Hall–Kier alpha value is -7.44. The number of rotatable bonds is 5. The zero-order valence-electron chi connectivity index (χ0n) is 36.8. The highest BCUT2D eigenvalue weighted by Crippen LogP contribution is 2.50. The van der Waals surface area contributed by atoms with Crippen molar-refractivity contribution in [2.24, 2.45) is 0 Å². The Balaban J connectivity index is 1.20. The summed E-state index contributed by atoms with van der Waals surface area (Å²) in [4.78, 5) is 2.33. The molecule has 1 radical (unpaired) electrons. The van der Waals surface area contributed by atoms with Crippen molar-refractivity contribution in [1.82, 2.24) is 0 Å². The molecule has 0 spiro atoms. The second kappa shape index (κ2) is 14.0. The van der Waals surface area contributed by atoms with Gasteiger partial charge in [-0.2, -0.15) is 0 Å². The molecule has 4 heterocycles. The lowest BCUT2D eigenvalue weighted by atomic mass is 9.58.